The zero-order valence-corrected chi connectivity index (χ0v) is 27.9. The van der Waals surface area contributed by atoms with Crippen LogP contribution in [-0.2, 0) is 30.6 Å². The normalized spacial score (nSPS) is 18.2. The summed E-state index contributed by atoms with van der Waals surface area (Å²) in [5.74, 6) is -5.75. The fourth-order valence-corrected chi connectivity index (χ4v) is 6.30. The number of anilines is 2. The monoisotopic (exact) mass is 690 g/mol. The number of benzene rings is 1. The van der Waals surface area contributed by atoms with Gasteiger partial charge in [0.25, 0.3) is 18.1 Å². The third kappa shape index (κ3) is 7.66. The first-order chi connectivity index (χ1) is 21.9. The maximum absolute atomic E-state index is 13.4. The number of phenolic OH excluding ortho intramolecular Hbond substituents is 2. The summed E-state index contributed by atoms with van der Waals surface area (Å²) in [6.45, 7) is 0.343. The van der Waals surface area contributed by atoms with Gasteiger partial charge >= 0.3 is 29.6 Å². The van der Waals surface area contributed by atoms with Gasteiger partial charge in [0, 0.05) is 22.8 Å². The number of carboxylic acids is 2. The number of rotatable bonds is 11. The molecule has 0 bridgehead atoms. The van der Waals surface area contributed by atoms with Crippen LogP contribution in [0.5, 0.6) is 11.5 Å². The zero-order chi connectivity index (χ0) is 33.1. The molecule has 20 heteroatoms. The molecular formula is C27H23N8NaO9S2. The number of aliphatic carboxylic acids is 2. The minimum Gasteiger partial charge on any atom is -0.546 e. The number of allylic oxidation sites excluding steroid dienone is 2. The molecule has 2 aliphatic rings. The van der Waals surface area contributed by atoms with Crippen molar-refractivity contribution in [2.45, 2.75) is 24.1 Å². The quantitative estimate of drug-likeness (QED) is 0.0313. The molecule has 1 fully saturated rings. The van der Waals surface area contributed by atoms with Crippen LogP contribution in [0.3, 0.4) is 0 Å². The van der Waals surface area contributed by atoms with Gasteiger partial charge < -0.3 is 51.6 Å². The van der Waals surface area contributed by atoms with Gasteiger partial charge in [0.15, 0.2) is 28.4 Å². The number of fused-ring (bicyclic) bond motifs is 1. The van der Waals surface area contributed by atoms with Gasteiger partial charge in [0.1, 0.15) is 23.7 Å². The molecule has 0 unspecified atom stereocenters. The van der Waals surface area contributed by atoms with Crippen molar-refractivity contribution in [1.82, 2.24) is 20.2 Å². The van der Waals surface area contributed by atoms with Crippen LogP contribution >= 0.6 is 23.1 Å². The molecule has 7 N–H and O–H groups in total. The smallest absolute Gasteiger partial charge is 0.546 e. The number of phenols is 2. The summed E-state index contributed by atoms with van der Waals surface area (Å²) in [7, 11) is 0. The van der Waals surface area contributed by atoms with E-state index in [1.807, 2.05) is 0 Å². The standard InChI is InChI=1S/C27H24N8O9S2.Na/c28-17-5-7-34(11-30-17)6-1-2-13-9-45-24-19(23(39)35(24)20(13)25(40)41)32-22(38)18(14-10-46-27(29)31-14)33-44-21(26(42)43)12-3-4-15(36)16(37)8-12;/h1-5,7-8,10-11,19,21,24,28H,6,9H2,(H7,29,31,32,33,36,37,38,40,41,42,43);/q;+1/p-1/b2-1+;/t19-,21+,24-;/m1./s1. The number of β-lactam (4-membered cyclic amide) rings is 1. The molecule has 0 spiro atoms. The minimum atomic E-state index is -1.93. The number of aromatic hydroxyl groups is 2. The Morgan fingerprint density at radius 1 is 1.23 bits per heavy atom. The van der Waals surface area contributed by atoms with Crippen LogP contribution in [0, 0.1) is 0 Å². The number of nitrogen functional groups attached to an aromatic ring is 2. The summed E-state index contributed by atoms with van der Waals surface area (Å²) in [6.07, 6.45) is 4.51. The van der Waals surface area contributed by atoms with Crippen molar-refractivity contribution in [2.24, 2.45) is 5.16 Å². The van der Waals surface area contributed by atoms with E-state index < -0.39 is 58.5 Å². The van der Waals surface area contributed by atoms with Crippen LogP contribution in [0.2, 0.25) is 0 Å². The molecule has 3 aromatic rings. The number of nitrogens with zero attached hydrogens (tertiary/aromatic N) is 5. The number of nitrogens with two attached hydrogens (primary N) is 2. The molecule has 1 aromatic carbocycles. The Morgan fingerprint density at radius 3 is 2.62 bits per heavy atom. The first kappa shape index (κ1) is 35.2. The number of nitrogens with one attached hydrogen (secondary N) is 1. The molecule has 4 heterocycles. The Morgan fingerprint density at radius 2 is 2.00 bits per heavy atom. The van der Waals surface area contributed by atoms with E-state index in [-0.39, 0.29) is 57.4 Å². The average molecular weight is 691 g/mol. The van der Waals surface area contributed by atoms with Gasteiger partial charge in [-0.1, -0.05) is 17.3 Å². The SMILES string of the molecule is Nc1cc[n+](C/C=C/C2=C(C(=O)[O-])N3C(=O)[C@@H](NC(=O)/C(=N\O[C@H](C(=O)[O-])c4ccc(O)c(O)c4)c4csc(N)n4)[C@H]3SC2)cn1.[Na+]. The second-order valence-electron chi connectivity index (χ2n) is 9.67. The number of hydrogen-bond donors (Lipinski definition) is 5. The maximum atomic E-state index is 13.4. The van der Waals surface area contributed by atoms with E-state index in [9.17, 15) is 39.6 Å². The second-order valence-corrected chi connectivity index (χ2v) is 11.7. The molecule has 3 atom stereocenters. The van der Waals surface area contributed by atoms with E-state index in [1.54, 1.807) is 29.0 Å². The largest absolute Gasteiger partial charge is 1.00 e. The van der Waals surface area contributed by atoms with Crippen LogP contribution in [-0.4, -0.2) is 71.7 Å². The molecule has 47 heavy (non-hydrogen) atoms. The Kier molecular flexibility index (Phi) is 11.1. The van der Waals surface area contributed by atoms with Crippen molar-refractivity contribution in [3.8, 4) is 11.5 Å². The van der Waals surface area contributed by atoms with E-state index in [0.29, 0.717) is 17.9 Å². The number of hydrogen-bond acceptors (Lipinski definition) is 16. The number of aromatic nitrogens is 3. The topological polar surface area (TPSA) is 273 Å². The van der Waals surface area contributed by atoms with Crippen LogP contribution in [0.25, 0.3) is 0 Å². The number of thiazole rings is 1. The molecule has 2 aliphatic heterocycles. The molecule has 0 radical (unpaired) electrons. The van der Waals surface area contributed by atoms with Crippen molar-refractivity contribution in [1.29, 1.82) is 0 Å². The van der Waals surface area contributed by atoms with Crippen LogP contribution < -0.4 is 61.1 Å². The Balaban J connectivity index is 0.00000500. The molecule has 238 valence electrons. The molecular weight excluding hydrogens is 667 g/mol. The average Bonchev–Trinajstić information content (AvgIpc) is 3.45. The Bertz CT molecular complexity index is 1820. The molecule has 17 nitrogen and oxygen atoms in total. The summed E-state index contributed by atoms with van der Waals surface area (Å²) in [6, 6.07) is 3.47. The van der Waals surface area contributed by atoms with Crippen molar-refractivity contribution >= 4 is 63.5 Å². The van der Waals surface area contributed by atoms with E-state index in [2.05, 4.69) is 20.4 Å². The predicted molar refractivity (Wildman–Crippen MR) is 157 cm³/mol. The zero-order valence-electron chi connectivity index (χ0n) is 24.3. The summed E-state index contributed by atoms with van der Waals surface area (Å²) in [5.41, 5.74) is 10.4. The van der Waals surface area contributed by atoms with Crippen LogP contribution in [0.4, 0.5) is 10.9 Å². The maximum Gasteiger partial charge on any atom is 1.00 e. The summed E-state index contributed by atoms with van der Waals surface area (Å²) < 4.78 is 1.70. The summed E-state index contributed by atoms with van der Waals surface area (Å²) >= 11 is 2.14. The predicted octanol–water partition coefficient (Wildman–Crippen LogP) is -5.72. The van der Waals surface area contributed by atoms with Gasteiger partial charge in [0.05, 0.1) is 23.8 Å². The third-order valence-corrected chi connectivity index (χ3v) is 8.63. The number of carbonyl (C=O) groups is 4. The van der Waals surface area contributed by atoms with Crippen LogP contribution in [0.1, 0.15) is 17.4 Å². The molecule has 2 amide bonds. The van der Waals surface area contributed by atoms with Crippen molar-refractivity contribution < 1.29 is 78.6 Å². The van der Waals surface area contributed by atoms with Gasteiger partial charge in [-0.2, -0.15) is 0 Å². The van der Waals surface area contributed by atoms with E-state index >= 15 is 0 Å². The van der Waals surface area contributed by atoms with Gasteiger partial charge in [-0.3, -0.25) is 14.5 Å². The van der Waals surface area contributed by atoms with Gasteiger partial charge in [0.2, 0.25) is 5.82 Å². The van der Waals surface area contributed by atoms with Gasteiger partial charge in [-0.05, 0) is 28.8 Å². The van der Waals surface area contributed by atoms with Crippen molar-refractivity contribution in [3.63, 3.8) is 0 Å². The van der Waals surface area contributed by atoms with Crippen molar-refractivity contribution in [2.75, 3.05) is 17.2 Å². The van der Waals surface area contributed by atoms with Gasteiger partial charge in [-0.15, -0.1) is 23.1 Å². The number of carbonyl (C=O) groups excluding carboxylic acids is 4. The number of amides is 2. The fraction of sp³-hybridized carbons (Fsp3) is 0.185. The third-order valence-electron chi connectivity index (χ3n) is 6.65. The summed E-state index contributed by atoms with van der Waals surface area (Å²) in [4.78, 5) is 64.5. The number of thioether (sulfide) groups is 1. The second kappa shape index (κ2) is 14.8. The van der Waals surface area contributed by atoms with Crippen molar-refractivity contribution in [3.05, 3.63) is 76.8 Å². The Hall–Kier alpha value is -4.69. The fourth-order valence-electron chi connectivity index (χ4n) is 4.44. The Labute approximate surface area is 295 Å². The minimum absolute atomic E-state index is 0. The molecule has 2 aromatic heterocycles. The number of oxime groups is 1. The van der Waals surface area contributed by atoms with E-state index in [4.69, 9.17) is 16.3 Å². The van der Waals surface area contributed by atoms with Crippen LogP contribution in [0.15, 0.2) is 70.7 Å². The van der Waals surface area contributed by atoms with E-state index in [0.717, 1.165) is 34.4 Å². The molecule has 1 saturated heterocycles. The first-order valence-electron chi connectivity index (χ1n) is 13.1. The van der Waals surface area contributed by atoms with Gasteiger partial charge in [-0.25, -0.2) is 9.55 Å². The molecule has 5 rings (SSSR count). The first-order valence-corrected chi connectivity index (χ1v) is 15.0. The molecule has 0 aliphatic carbocycles. The summed E-state index contributed by atoms with van der Waals surface area (Å²) in [5, 5.41) is 49.9. The van der Waals surface area contributed by atoms with E-state index in [1.165, 1.54) is 23.5 Å². The number of carboxylic acid groups (broad SMARTS) is 2. The molecule has 0 saturated carbocycles.